The molecule has 2 heterocycles. The van der Waals surface area contributed by atoms with Crippen molar-refractivity contribution in [1.82, 2.24) is 14.1 Å². The molecule has 6 heteroatoms. The number of nitrogens with zero attached hydrogens (tertiary/aromatic N) is 4. The lowest BCUT2D eigenvalue weighted by Gasteiger charge is -2.10. The van der Waals surface area contributed by atoms with Crippen LogP contribution in [0, 0.1) is 13.8 Å². The lowest BCUT2D eigenvalue weighted by atomic mass is 10.1. The molecule has 29 heavy (non-hydrogen) atoms. The number of thiazole rings is 1. The van der Waals surface area contributed by atoms with E-state index in [0.717, 1.165) is 34.5 Å². The number of aryl methyl sites for hydroxylation is 3. The van der Waals surface area contributed by atoms with Crippen LogP contribution in [-0.4, -0.2) is 14.1 Å². The Hall–Kier alpha value is -2.44. The number of imidazole rings is 1. The molecule has 0 saturated heterocycles. The molecular weight excluding hydrogens is 444 g/mol. The van der Waals surface area contributed by atoms with Crippen molar-refractivity contribution in [3.63, 3.8) is 0 Å². The van der Waals surface area contributed by atoms with Crippen molar-refractivity contribution >= 4 is 33.0 Å². The van der Waals surface area contributed by atoms with Gasteiger partial charge in [-0.15, -0.1) is 11.3 Å². The molecule has 0 saturated carbocycles. The van der Waals surface area contributed by atoms with E-state index in [1.165, 1.54) is 22.4 Å². The Bertz CT molecular complexity index is 1170. The Morgan fingerprint density at radius 2 is 2.00 bits per heavy atom. The van der Waals surface area contributed by atoms with Gasteiger partial charge in [-0.05, 0) is 44.0 Å². The van der Waals surface area contributed by atoms with Gasteiger partial charge in [-0.2, -0.15) is 0 Å². The van der Waals surface area contributed by atoms with E-state index in [1.54, 1.807) is 11.3 Å². The van der Waals surface area contributed by atoms with Crippen LogP contribution in [-0.2, 0) is 13.1 Å². The highest BCUT2D eigenvalue weighted by Crippen LogP contribution is 2.25. The van der Waals surface area contributed by atoms with E-state index in [0.29, 0.717) is 0 Å². The number of benzene rings is 2. The summed E-state index contributed by atoms with van der Waals surface area (Å²) in [6.07, 6.45) is 6.71. The zero-order chi connectivity index (χ0) is 20.2. The summed E-state index contributed by atoms with van der Waals surface area (Å²) in [7, 11) is 0. The molecule has 4 aromatic rings. The van der Waals surface area contributed by atoms with Crippen molar-refractivity contribution in [3.8, 4) is 11.3 Å². The maximum Gasteiger partial charge on any atom is 0.190 e. The van der Waals surface area contributed by atoms with Crippen molar-refractivity contribution in [2.24, 2.45) is 4.99 Å². The predicted octanol–water partition coefficient (Wildman–Crippen LogP) is 6.12. The molecule has 0 aliphatic rings. The second-order valence-corrected chi connectivity index (χ2v) is 8.87. The topological polar surface area (TPSA) is 35.1 Å². The minimum atomic E-state index is 0.896. The second kappa shape index (κ2) is 8.93. The largest absolute Gasteiger partial charge is 0.337 e. The molecule has 0 radical (unpaired) electrons. The van der Waals surface area contributed by atoms with Crippen LogP contribution in [0.5, 0.6) is 0 Å². The molecular formula is C23H23BrN4S. The Morgan fingerprint density at radius 1 is 1.10 bits per heavy atom. The van der Waals surface area contributed by atoms with Crippen molar-refractivity contribution in [3.05, 3.63) is 87.0 Å². The van der Waals surface area contributed by atoms with E-state index in [4.69, 9.17) is 4.99 Å². The average Bonchev–Trinajstić information content (AvgIpc) is 3.34. The van der Waals surface area contributed by atoms with Crippen molar-refractivity contribution in [1.29, 1.82) is 0 Å². The van der Waals surface area contributed by atoms with Crippen molar-refractivity contribution in [2.45, 2.75) is 33.4 Å². The van der Waals surface area contributed by atoms with Crippen LogP contribution in [0.1, 0.15) is 17.5 Å². The highest BCUT2D eigenvalue weighted by Gasteiger charge is 2.09. The monoisotopic (exact) mass is 466 g/mol. The molecule has 0 bridgehead atoms. The van der Waals surface area contributed by atoms with Gasteiger partial charge < -0.3 is 9.13 Å². The van der Waals surface area contributed by atoms with E-state index in [1.807, 2.05) is 18.7 Å². The smallest absolute Gasteiger partial charge is 0.190 e. The number of aromatic nitrogens is 3. The number of hydrogen-bond donors (Lipinski definition) is 0. The van der Waals surface area contributed by atoms with Gasteiger partial charge in [0.05, 0.1) is 17.7 Å². The minimum Gasteiger partial charge on any atom is -0.337 e. The van der Waals surface area contributed by atoms with Crippen LogP contribution in [0.4, 0.5) is 5.69 Å². The highest BCUT2D eigenvalue weighted by molar-refractivity contribution is 9.10. The van der Waals surface area contributed by atoms with Gasteiger partial charge in [0, 0.05) is 40.9 Å². The minimum absolute atomic E-state index is 0.896. The average molecular weight is 467 g/mol. The quantitative estimate of drug-likeness (QED) is 0.337. The lowest BCUT2D eigenvalue weighted by Crippen LogP contribution is -2.17. The van der Waals surface area contributed by atoms with Crippen LogP contribution in [0.3, 0.4) is 0 Å². The summed E-state index contributed by atoms with van der Waals surface area (Å²) in [6.45, 7) is 6.07. The van der Waals surface area contributed by atoms with Gasteiger partial charge in [0.1, 0.15) is 0 Å². The van der Waals surface area contributed by atoms with E-state index >= 15 is 0 Å². The SMILES string of the molecule is Cc1ccc(N=c2scc(-c3cccc(Br)c3)n2CCCn2ccnc2)c(C)c1. The first-order valence-electron chi connectivity index (χ1n) is 9.62. The van der Waals surface area contributed by atoms with Gasteiger partial charge in [0.25, 0.3) is 0 Å². The fourth-order valence-corrected chi connectivity index (χ4v) is 4.73. The molecule has 0 amide bonds. The predicted molar refractivity (Wildman–Crippen MR) is 123 cm³/mol. The Morgan fingerprint density at radius 3 is 2.76 bits per heavy atom. The first kappa shape index (κ1) is 19.9. The second-order valence-electron chi connectivity index (χ2n) is 7.12. The molecule has 0 unspecified atom stereocenters. The summed E-state index contributed by atoms with van der Waals surface area (Å²) >= 11 is 5.29. The molecule has 4 rings (SSSR count). The maximum absolute atomic E-state index is 5.02. The molecule has 0 atom stereocenters. The summed E-state index contributed by atoms with van der Waals surface area (Å²) in [5.41, 5.74) is 5.88. The standard InChI is InChI=1S/C23H23BrN4S/c1-17-7-8-21(18(2)13-17)26-23-28(11-4-10-27-12-9-25-16-27)22(15-29-23)19-5-3-6-20(24)14-19/h3,5-9,12-16H,4,10-11H2,1-2H3. The Balaban J connectivity index is 1.73. The lowest BCUT2D eigenvalue weighted by molar-refractivity contribution is 0.559. The molecule has 0 aliphatic heterocycles. The van der Waals surface area contributed by atoms with Crippen molar-refractivity contribution in [2.75, 3.05) is 0 Å². The van der Waals surface area contributed by atoms with E-state index in [-0.39, 0.29) is 0 Å². The molecule has 0 N–H and O–H groups in total. The molecule has 0 fully saturated rings. The summed E-state index contributed by atoms with van der Waals surface area (Å²) in [4.78, 5) is 10.2. The molecule has 2 aromatic heterocycles. The zero-order valence-electron chi connectivity index (χ0n) is 16.5. The van der Waals surface area contributed by atoms with Gasteiger partial charge in [0.15, 0.2) is 4.80 Å². The van der Waals surface area contributed by atoms with Gasteiger partial charge in [-0.25, -0.2) is 9.98 Å². The van der Waals surface area contributed by atoms with E-state index in [2.05, 4.69) is 91.7 Å². The van der Waals surface area contributed by atoms with Crippen LogP contribution in [0.2, 0.25) is 0 Å². The number of rotatable bonds is 6. The van der Waals surface area contributed by atoms with Gasteiger partial charge in [-0.3, -0.25) is 0 Å². The molecule has 2 aromatic carbocycles. The summed E-state index contributed by atoms with van der Waals surface area (Å²) in [6, 6.07) is 14.9. The first-order chi connectivity index (χ1) is 14.1. The Labute approximate surface area is 183 Å². The van der Waals surface area contributed by atoms with Crippen molar-refractivity contribution < 1.29 is 0 Å². The third-order valence-corrected chi connectivity index (χ3v) is 6.20. The fraction of sp³-hybridized carbons (Fsp3) is 0.217. The first-order valence-corrected chi connectivity index (χ1v) is 11.3. The van der Waals surface area contributed by atoms with Crippen LogP contribution in [0.15, 0.2) is 76.0 Å². The van der Waals surface area contributed by atoms with Crippen LogP contribution in [0.25, 0.3) is 11.3 Å². The number of halogens is 1. The number of hydrogen-bond acceptors (Lipinski definition) is 3. The summed E-state index contributed by atoms with van der Waals surface area (Å²) < 4.78 is 5.54. The highest BCUT2D eigenvalue weighted by atomic mass is 79.9. The third-order valence-electron chi connectivity index (χ3n) is 4.84. The zero-order valence-corrected chi connectivity index (χ0v) is 18.9. The third kappa shape index (κ3) is 4.77. The molecule has 148 valence electrons. The summed E-state index contributed by atoms with van der Waals surface area (Å²) in [5, 5.41) is 2.21. The van der Waals surface area contributed by atoms with Gasteiger partial charge >= 0.3 is 0 Å². The van der Waals surface area contributed by atoms with E-state index < -0.39 is 0 Å². The molecule has 4 nitrogen and oxygen atoms in total. The Kier molecular flexibility index (Phi) is 6.11. The van der Waals surface area contributed by atoms with Gasteiger partial charge in [-0.1, -0.05) is 45.8 Å². The van der Waals surface area contributed by atoms with E-state index in [9.17, 15) is 0 Å². The van der Waals surface area contributed by atoms with Crippen LogP contribution < -0.4 is 4.80 Å². The normalized spacial score (nSPS) is 11.9. The van der Waals surface area contributed by atoms with Gasteiger partial charge in [0.2, 0.25) is 0 Å². The fourth-order valence-electron chi connectivity index (χ4n) is 3.38. The summed E-state index contributed by atoms with van der Waals surface area (Å²) in [5.74, 6) is 0. The maximum atomic E-state index is 5.02. The van der Waals surface area contributed by atoms with Crippen LogP contribution >= 0.6 is 27.3 Å². The molecule has 0 spiro atoms. The molecule has 0 aliphatic carbocycles.